The molecule has 0 radical (unpaired) electrons. The topological polar surface area (TPSA) is 91.4 Å². The van der Waals surface area contributed by atoms with Crippen LogP contribution in [-0.2, 0) is 6.61 Å². The monoisotopic (exact) mass is 370 g/mol. The van der Waals surface area contributed by atoms with Crippen molar-refractivity contribution in [3.63, 3.8) is 0 Å². The van der Waals surface area contributed by atoms with Crippen LogP contribution >= 0.6 is 11.8 Å². The Morgan fingerprint density at radius 3 is 2.58 bits per heavy atom. The van der Waals surface area contributed by atoms with Crippen LogP contribution in [0.25, 0.3) is 10.9 Å². The number of aliphatic hydroxyl groups excluding tert-OH is 1. The highest BCUT2D eigenvalue weighted by Crippen LogP contribution is 2.25. The summed E-state index contributed by atoms with van der Waals surface area (Å²) in [6.45, 7) is -0.413. The molecular formula is C19H18N2O4S. The first kappa shape index (κ1) is 18.0. The van der Waals surface area contributed by atoms with Gasteiger partial charge in [0.25, 0.3) is 11.5 Å². The van der Waals surface area contributed by atoms with Gasteiger partial charge < -0.3 is 20.1 Å². The maximum absolute atomic E-state index is 12.7. The fraction of sp³-hybridized carbons (Fsp3) is 0.158. The van der Waals surface area contributed by atoms with Gasteiger partial charge in [-0.15, -0.1) is 11.8 Å². The molecule has 0 aliphatic carbocycles. The van der Waals surface area contributed by atoms with Gasteiger partial charge in [-0.05, 0) is 48.7 Å². The Hall–Kier alpha value is -2.77. The number of carbonyl (C=O) groups excluding carboxylic acids is 1. The zero-order valence-corrected chi connectivity index (χ0v) is 15.1. The maximum Gasteiger partial charge on any atom is 0.261 e. The number of aromatic amines is 1. The van der Waals surface area contributed by atoms with Crippen LogP contribution in [0.3, 0.4) is 0 Å². The van der Waals surface area contributed by atoms with E-state index in [0.717, 1.165) is 4.90 Å². The third kappa shape index (κ3) is 3.44. The lowest BCUT2D eigenvalue weighted by Crippen LogP contribution is -2.26. The lowest BCUT2D eigenvalue weighted by Gasteiger charge is -2.12. The molecule has 2 aromatic carbocycles. The van der Waals surface area contributed by atoms with Gasteiger partial charge >= 0.3 is 0 Å². The fourth-order valence-electron chi connectivity index (χ4n) is 2.74. The molecule has 6 nitrogen and oxygen atoms in total. The molecule has 3 aromatic rings. The van der Waals surface area contributed by atoms with Crippen molar-refractivity contribution in [1.29, 1.82) is 0 Å². The predicted octanol–water partition coefficient (Wildman–Crippen LogP) is 3.00. The van der Waals surface area contributed by atoms with E-state index in [1.165, 1.54) is 0 Å². The Morgan fingerprint density at radius 2 is 1.96 bits per heavy atom. The summed E-state index contributed by atoms with van der Waals surface area (Å²) in [5.74, 6) is 0.0871. The van der Waals surface area contributed by atoms with Gasteiger partial charge in [-0.2, -0.15) is 0 Å². The predicted molar refractivity (Wildman–Crippen MR) is 103 cm³/mol. The zero-order chi connectivity index (χ0) is 18.7. The number of anilines is 1. The number of amides is 1. The van der Waals surface area contributed by atoms with Crippen LogP contribution in [-0.4, -0.2) is 29.4 Å². The number of fused-ring (bicyclic) bond motifs is 1. The van der Waals surface area contributed by atoms with Crippen molar-refractivity contribution >= 4 is 34.3 Å². The van der Waals surface area contributed by atoms with E-state index in [1.54, 1.807) is 49.2 Å². The highest BCUT2D eigenvalue weighted by molar-refractivity contribution is 7.98. The van der Waals surface area contributed by atoms with Crippen molar-refractivity contribution < 1.29 is 14.6 Å². The van der Waals surface area contributed by atoms with Crippen molar-refractivity contribution in [1.82, 2.24) is 4.98 Å². The number of carbonyl (C=O) groups is 1. The summed E-state index contributed by atoms with van der Waals surface area (Å²) < 4.78 is 5.08. The van der Waals surface area contributed by atoms with Crippen molar-refractivity contribution in [2.45, 2.75) is 11.5 Å². The normalized spacial score (nSPS) is 10.7. The van der Waals surface area contributed by atoms with Gasteiger partial charge in [0.2, 0.25) is 0 Å². The van der Waals surface area contributed by atoms with E-state index < -0.39 is 18.1 Å². The van der Waals surface area contributed by atoms with Crippen molar-refractivity contribution in [3.05, 3.63) is 63.9 Å². The number of rotatable bonds is 5. The summed E-state index contributed by atoms with van der Waals surface area (Å²) in [6.07, 6.45) is 1.93. The number of thioether (sulfide) groups is 1. The van der Waals surface area contributed by atoms with Crippen LogP contribution in [0, 0.1) is 0 Å². The number of methoxy groups -OCH3 is 1. The molecule has 1 heterocycles. The summed E-state index contributed by atoms with van der Waals surface area (Å²) in [7, 11) is 1.55. The Bertz CT molecular complexity index is 1010. The number of aromatic nitrogens is 1. The van der Waals surface area contributed by atoms with E-state index in [2.05, 4.69) is 10.3 Å². The van der Waals surface area contributed by atoms with Crippen LogP contribution in [0.1, 0.15) is 15.9 Å². The van der Waals surface area contributed by atoms with Crippen molar-refractivity contribution in [2.24, 2.45) is 0 Å². The van der Waals surface area contributed by atoms with E-state index in [4.69, 9.17) is 4.74 Å². The molecule has 3 rings (SSSR count). The molecule has 0 atom stereocenters. The van der Waals surface area contributed by atoms with Crippen LogP contribution in [0.2, 0.25) is 0 Å². The number of ether oxygens (including phenoxy) is 1. The van der Waals surface area contributed by atoms with Gasteiger partial charge in [0.1, 0.15) is 11.3 Å². The summed E-state index contributed by atoms with van der Waals surface area (Å²) in [5.41, 5.74) is 0.791. The van der Waals surface area contributed by atoms with Gasteiger partial charge in [0.05, 0.1) is 13.7 Å². The van der Waals surface area contributed by atoms with Crippen LogP contribution in [0.15, 0.2) is 52.2 Å². The molecule has 7 heteroatoms. The van der Waals surface area contributed by atoms with Crippen molar-refractivity contribution in [2.75, 3.05) is 18.7 Å². The number of aliphatic hydroxyl groups is 1. The molecule has 3 N–H and O–H groups in total. The van der Waals surface area contributed by atoms with Gasteiger partial charge in [0.15, 0.2) is 0 Å². The number of H-pyrrole nitrogens is 1. The maximum atomic E-state index is 12.7. The lowest BCUT2D eigenvalue weighted by molar-refractivity contribution is 0.102. The van der Waals surface area contributed by atoms with E-state index in [0.29, 0.717) is 27.9 Å². The molecule has 0 aliphatic heterocycles. The summed E-state index contributed by atoms with van der Waals surface area (Å²) >= 11 is 1.54. The average Bonchev–Trinajstić information content (AvgIpc) is 2.67. The molecule has 0 saturated heterocycles. The van der Waals surface area contributed by atoms with E-state index in [-0.39, 0.29) is 5.56 Å². The minimum atomic E-state index is -0.572. The second kappa shape index (κ2) is 7.63. The van der Waals surface area contributed by atoms with Crippen LogP contribution in [0.5, 0.6) is 5.75 Å². The van der Waals surface area contributed by atoms with Crippen LogP contribution < -0.4 is 15.6 Å². The lowest BCUT2D eigenvalue weighted by atomic mass is 10.0. The first-order valence-electron chi connectivity index (χ1n) is 7.86. The summed E-state index contributed by atoms with van der Waals surface area (Å²) in [5, 5.41) is 13.2. The van der Waals surface area contributed by atoms with Gasteiger partial charge in [-0.25, -0.2) is 0 Å². The molecule has 1 aromatic heterocycles. The minimum Gasteiger partial charge on any atom is -0.497 e. The first-order valence-corrected chi connectivity index (χ1v) is 9.09. The molecule has 0 saturated carbocycles. The highest BCUT2D eigenvalue weighted by atomic mass is 32.2. The van der Waals surface area contributed by atoms with Crippen molar-refractivity contribution in [3.8, 4) is 5.75 Å². The Balaban J connectivity index is 2.05. The Kier molecular flexibility index (Phi) is 5.29. The highest BCUT2D eigenvalue weighted by Gasteiger charge is 2.19. The smallest absolute Gasteiger partial charge is 0.261 e. The largest absolute Gasteiger partial charge is 0.497 e. The molecular weight excluding hydrogens is 352 g/mol. The number of hydrogen-bond acceptors (Lipinski definition) is 5. The number of nitrogens with one attached hydrogen (secondary N) is 2. The molecule has 0 fully saturated rings. The second-order valence-electron chi connectivity index (χ2n) is 5.56. The third-order valence-corrected chi connectivity index (χ3v) is 4.79. The van der Waals surface area contributed by atoms with Gasteiger partial charge in [-0.1, -0.05) is 0 Å². The summed E-state index contributed by atoms with van der Waals surface area (Å²) in [6, 6.07) is 12.3. The van der Waals surface area contributed by atoms with E-state index >= 15 is 0 Å². The number of hydrogen-bond donors (Lipinski definition) is 3. The molecule has 0 spiro atoms. The van der Waals surface area contributed by atoms with E-state index in [9.17, 15) is 14.7 Å². The molecule has 0 bridgehead atoms. The van der Waals surface area contributed by atoms with Gasteiger partial charge in [-0.3, -0.25) is 9.59 Å². The van der Waals surface area contributed by atoms with Crippen LogP contribution in [0.4, 0.5) is 5.69 Å². The fourth-order valence-corrected chi connectivity index (χ4v) is 3.18. The standard InChI is InChI=1S/C19H18N2O4S/c1-25-12-5-3-11(4-6-12)20-18(23)17-15(10-22)14-9-13(26-2)7-8-16(14)21-19(17)24/h3-9,22H,10H2,1-2H3,(H,20,23)(H,21,24). The third-order valence-electron chi connectivity index (χ3n) is 4.06. The molecule has 0 aliphatic rings. The number of pyridine rings is 1. The number of benzene rings is 2. The van der Waals surface area contributed by atoms with E-state index in [1.807, 2.05) is 18.4 Å². The first-order chi connectivity index (χ1) is 12.6. The second-order valence-corrected chi connectivity index (χ2v) is 6.44. The zero-order valence-electron chi connectivity index (χ0n) is 14.3. The molecule has 0 unspecified atom stereocenters. The Labute approximate surface area is 154 Å². The molecule has 134 valence electrons. The quantitative estimate of drug-likeness (QED) is 0.601. The molecule has 26 heavy (non-hydrogen) atoms. The molecule has 1 amide bonds. The van der Waals surface area contributed by atoms with Gasteiger partial charge in [0, 0.05) is 27.0 Å². The average molecular weight is 370 g/mol. The minimum absolute atomic E-state index is 0.0888. The Morgan fingerprint density at radius 1 is 1.23 bits per heavy atom. The SMILES string of the molecule is COc1ccc(NC(=O)c2c(CO)c3cc(SC)ccc3[nH]c2=O)cc1. The summed E-state index contributed by atoms with van der Waals surface area (Å²) in [4.78, 5) is 28.8.